The summed E-state index contributed by atoms with van der Waals surface area (Å²) in [5.41, 5.74) is 3.63. The summed E-state index contributed by atoms with van der Waals surface area (Å²) in [6, 6.07) is 11.7. The van der Waals surface area contributed by atoms with E-state index in [4.69, 9.17) is 0 Å². The molecule has 0 aliphatic carbocycles. The number of carbonyl (C=O) groups is 1. The monoisotopic (exact) mass is 375 g/mol. The molecule has 1 atom stereocenters. The first-order valence-electron chi connectivity index (χ1n) is 8.28. The molecule has 7 heteroatoms. The predicted molar refractivity (Wildman–Crippen MR) is 105 cm³/mol. The highest BCUT2D eigenvalue weighted by Gasteiger charge is 2.18. The van der Waals surface area contributed by atoms with Crippen LogP contribution in [0.5, 0.6) is 0 Å². The van der Waals surface area contributed by atoms with Crippen LogP contribution in [-0.2, 0) is 14.8 Å². The molecular formula is C19H25N3O3S. The van der Waals surface area contributed by atoms with Gasteiger partial charge in [-0.05, 0) is 62.2 Å². The zero-order chi connectivity index (χ0) is 19.5. The normalized spacial score (nSPS) is 12.7. The van der Waals surface area contributed by atoms with E-state index in [0.29, 0.717) is 5.69 Å². The van der Waals surface area contributed by atoms with Crippen LogP contribution >= 0.6 is 0 Å². The average Bonchev–Trinajstić information content (AvgIpc) is 2.58. The molecule has 0 fully saturated rings. The second-order valence-corrected chi connectivity index (χ2v) is 8.62. The summed E-state index contributed by atoms with van der Waals surface area (Å²) in [7, 11) is -0.610. The van der Waals surface area contributed by atoms with Gasteiger partial charge in [0.1, 0.15) is 6.04 Å². The maximum absolute atomic E-state index is 12.4. The van der Waals surface area contributed by atoms with Gasteiger partial charge in [-0.3, -0.25) is 4.79 Å². The Balaban J connectivity index is 2.10. The first kappa shape index (κ1) is 19.9. The highest BCUT2D eigenvalue weighted by atomic mass is 32.2. The summed E-state index contributed by atoms with van der Waals surface area (Å²) in [5.74, 6) is -0.248. The van der Waals surface area contributed by atoms with Gasteiger partial charge >= 0.3 is 0 Å². The number of amides is 1. The van der Waals surface area contributed by atoms with Gasteiger partial charge in [0.2, 0.25) is 15.9 Å². The van der Waals surface area contributed by atoms with Crippen LogP contribution in [0.4, 0.5) is 11.4 Å². The van der Waals surface area contributed by atoms with Gasteiger partial charge in [0, 0.05) is 25.5 Å². The number of hydrogen-bond donors (Lipinski definition) is 2. The largest absolute Gasteiger partial charge is 0.374 e. The third-order valence-corrected chi connectivity index (χ3v) is 5.97. The Labute approximate surface area is 155 Å². The Morgan fingerprint density at radius 2 is 1.69 bits per heavy atom. The zero-order valence-corrected chi connectivity index (χ0v) is 16.5. The Morgan fingerprint density at radius 1 is 1.00 bits per heavy atom. The van der Waals surface area contributed by atoms with Gasteiger partial charge in [0.25, 0.3) is 0 Å². The second-order valence-electron chi connectivity index (χ2n) is 6.47. The maximum Gasteiger partial charge on any atom is 0.246 e. The van der Waals surface area contributed by atoms with E-state index in [-0.39, 0.29) is 10.8 Å². The molecule has 0 saturated heterocycles. The standard InChI is InChI=1S/C19H25N3O3S/c1-13-9-10-17(11-14(13)2)20-15(3)19(23)21-16-7-6-8-18(12-16)26(24,25)22(4)5/h6-12,15,20H,1-5H3,(H,21,23)/t15-/m0/s1. The molecular weight excluding hydrogens is 350 g/mol. The molecule has 0 unspecified atom stereocenters. The quantitative estimate of drug-likeness (QED) is 0.814. The SMILES string of the molecule is Cc1ccc(N[C@@H](C)C(=O)Nc2cccc(S(=O)(=O)N(C)C)c2)cc1C. The molecule has 2 aromatic rings. The fourth-order valence-corrected chi connectivity index (χ4v) is 3.29. The number of anilines is 2. The van der Waals surface area contributed by atoms with E-state index in [1.165, 1.54) is 31.8 Å². The van der Waals surface area contributed by atoms with E-state index < -0.39 is 16.1 Å². The van der Waals surface area contributed by atoms with Crippen molar-refractivity contribution in [2.24, 2.45) is 0 Å². The maximum atomic E-state index is 12.4. The molecule has 0 spiro atoms. The molecule has 1 amide bonds. The van der Waals surface area contributed by atoms with Crippen LogP contribution in [0, 0.1) is 13.8 Å². The second kappa shape index (κ2) is 7.88. The van der Waals surface area contributed by atoms with E-state index in [2.05, 4.69) is 10.6 Å². The lowest BCUT2D eigenvalue weighted by Crippen LogP contribution is -2.32. The highest BCUT2D eigenvalue weighted by molar-refractivity contribution is 7.89. The van der Waals surface area contributed by atoms with E-state index >= 15 is 0 Å². The number of nitrogens with zero attached hydrogens (tertiary/aromatic N) is 1. The highest BCUT2D eigenvalue weighted by Crippen LogP contribution is 2.19. The minimum atomic E-state index is -3.55. The van der Waals surface area contributed by atoms with Crippen molar-refractivity contribution in [3.05, 3.63) is 53.6 Å². The van der Waals surface area contributed by atoms with Crippen molar-refractivity contribution in [1.29, 1.82) is 0 Å². The number of aryl methyl sites for hydroxylation is 2. The molecule has 0 aliphatic heterocycles. The van der Waals surface area contributed by atoms with Gasteiger partial charge in [-0.25, -0.2) is 12.7 Å². The summed E-state index contributed by atoms with van der Waals surface area (Å²) in [5, 5.41) is 5.91. The Kier molecular flexibility index (Phi) is 6.05. The summed E-state index contributed by atoms with van der Waals surface area (Å²) in [6.07, 6.45) is 0. The number of carbonyl (C=O) groups excluding carboxylic acids is 1. The lowest BCUT2D eigenvalue weighted by atomic mass is 10.1. The van der Waals surface area contributed by atoms with Crippen molar-refractivity contribution in [2.45, 2.75) is 31.7 Å². The van der Waals surface area contributed by atoms with E-state index in [9.17, 15) is 13.2 Å². The molecule has 2 rings (SSSR count). The fraction of sp³-hybridized carbons (Fsp3) is 0.316. The van der Waals surface area contributed by atoms with Crippen LogP contribution in [0.15, 0.2) is 47.4 Å². The molecule has 140 valence electrons. The van der Waals surface area contributed by atoms with E-state index in [0.717, 1.165) is 15.6 Å². The molecule has 0 bridgehead atoms. The summed E-state index contributed by atoms with van der Waals surface area (Å²) in [6.45, 7) is 5.80. The number of sulfonamides is 1. The first-order chi connectivity index (χ1) is 12.1. The van der Waals surface area contributed by atoms with Crippen LogP contribution in [0.3, 0.4) is 0 Å². The molecule has 0 aromatic heterocycles. The number of rotatable bonds is 6. The molecule has 0 aliphatic rings. The predicted octanol–water partition coefficient (Wildman–Crippen LogP) is 2.99. The Bertz CT molecular complexity index is 908. The summed E-state index contributed by atoms with van der Waals surface area (Å²) < 4.78 is 25.5. The molecule has 26 heavy (non-hydrogen) atoms. The van der Waals surface area contributed by atoms with Crippen LogP contribution in [-0.4, -0.2) is 38.8 Å². The molecule has 0 saturated carbocycles. The van der Waals surface area contributed by atoms with Crippen LogP contribution in [0.25, 0.3) is 0 Å². The van der Waals surface area contributed by atoms with Crippen LogP contribution in [0.2, 0.25) is 0 Å². The van der Waals surface area contributed by atoms with Gasteiger partial charge in [-0.15, -0.1) is 0 Å². The van der Waals surface area contributed by atoms with Crippen LogP contribution < -0.4 is 10.6 Å². The van der Waals surface area contributed by atoms with Crippen molar-refractivity contribution < 1.29 is 13.2 Å². The van der Waals surface area contributed by atoms with Gasteiger partial charge < -0.3 is 10.6 Å². The lowest BCUT2D eigenvalue weighted by Gasteiger charge is -2.17. The van der Waals surface area contributed by atoms with Gasteiger partial charge in [0.05, 0.1) is 4.90 Å². The van der Waals surface area contributed by atoms with Crippen molar-refractivity contribution in [3.8, 4) is 0 Å². The molecule has 0 heterocycles. The van der Waals surface area contributed by atoms with Gasteiger partial charge in [-0.1, -0.05) is 12.1 Å². The number of benzene rings is 2. The van der Waals surface area contributed by atoms with Gasteiger partial charge in [-0.2, -0.15) is 0 Å². The third-order valence-electron chi connectivity index (χ3n) is 4.16. The number of nitrogens with one attached hydrogen (secondary N) is 2. The zero-order valence-electron chi connectivity index (χ0n) is 15.7. The minimum Gasteiger partial charge on any atom is -0.374 e. The Morgan fingerprint density at radius 3 is 2.31 bits per heavy atom. The Hall–Kier alpha value is -2.38. The smallest absolute Gasteiger partial charge is 0.246 e. The molecule has 2 aromatic carbocycles. The topological polar surface area (TPSA) is 78.5 Å². The molecule has 0 radical (unpaired) electrons. The summed E-state index contributed by atoms with van der Waals surface area (Å²) in [4.78, 5) is 12.6. The average molecular weight is 375 g/mol. The summed E-state index contributed by atoms with van der Waals surface area (Å²) >= 11 is 0. The lowest BCUT2D eigenvalue weighted by molar-refractivity contribution is -0.116. The van der Waals surface area contributed by atoms with Crippen molar-refractivity contribution >= 4 is 27.3 Å². The third kappa shape index (κ3) is 4.62. The van der Waals surface area contributed by atoms with Gasteiger partial charge in [0.15, 0.2) is 0 Å². The van der Waals surface area contributed by atoms with Crippen LogP contribution in [0.1, 0.15) is 18.1 Å². The van der Waals surface area contributed by atoms with Crippen molar-refractivity contribution in [3.63, 3.8) is 0 Å². The number of hydrogen-bond acceptors (Lipinski definition) is 4. The molecule has 6 nitrogen and oxygen atoms in total. The molecule has 2 N–H and O–H groups in total. The van der Waals surface area contributed by atoms with Crippen molar-refractivity contribution in [2.75, 3.05) is 24.7 Å². The first-order valence-corrected chi connectivity index (χ1v) is 9.72. The van der Waals surface area contributed by atoms with E-state index in [1.807, 2.05) is 32.0 Å². The minimum absolute atomic E-state index is 0.134. The van der Waals surface area contributed by atoms with Crippen molar-refractivity contribution in [1.82, 2.24) is 4.31 Å². The van der Waals surface area contributed by atoms with E-state index in [1.54, 1.807) is 19.1 Å². The fourth-order valence-electron chi connectivity index (χ4n) is 2.34.